The highest BCUT2D eigenvalue weighted by Crippen LogP contribution is 2.35. The fourth-order valence-electron chi connectivity index (χ4n) is 2.63. The van der Waals surface area contributed by atoms with Crippen molar-refractivity contribution >= 4 is 5.82 Å². The number of nitrogens with one attached hydrogen (secondary N) is 1. The second-order valence-electron chi connectivity index (χ2n) is 5.35. The summed E-state index contributed by atoms with van der Waals surface area (Å²) in [6.07, 6.45) is 2.93. The minimum absolute atomic E-state index is 0.195. The highest BCUT2D eigenvalue weighted by atomic mass is 16.5. The van der Waals surface area contributed by atoms with E-state index < -0.39 is 0 Å². The molecule has 0 amide bonds. The SMILES string of the molecule is COc1ccc(-c2cn[nH]c2N)cc1OC1CCN(C)C1. The predicted molar refractivity (Wildman–Crippen MR) is 81.5 cm³/mol. The number of nitrogens with two attached hydrogens (primary N) is 1. The van der Waals surface area contributed by atoms with Crippen molar-refractivity contribution < 1.29 is 9.47 Å². The zero-order valence-electron chi connectivity index (χ0n) is 12.3. The second kappa shape index (κ2) is 5.65. The van der Waals surface area contributed by atoms with E-state index >= 15 is 0 Å². The lowest BCUT2D eigenvalue weighted by Crippen LogP contribution is -2.21. The summed E-state index contributed by atoms with van der Waals surface area (Å²) in [5.74, 6) is 2.03. The number of anilines is 1. The van der Waals surface area contributed by atoms with Gasteiger partial charge in [0.25, 0.3) is 0 Å². The molecule has 1 aliphatic rings. The standard InChI is InChI=1S/C15H20N4O2/c1-19-6-5-11(9-19)21-14-7-10(3-4-13(14)20-2)12-8-17-18-15(12)16/h3-4,7-8,11H,5-6,9H2,1-2H3,(H3,16,17,18). The van der Waals surface area contributed by atoms with Crippen molar-refractivity contribution in [3.8, 4) is 22.6 Å². The molecule has 1 aromatic carbocycles. The van der Waals surface area contributed by atoms with Crippen molar-refractivity contribution in [3.05, 3.63) is 24.4 Å². The number of nitrogen functional groups attached to an aromatic ring is 1. The minimum atomic E-state index is 0.195. The molecular formula is C15H20N4O2. The van der Waals surface area contributed by atoms with Gasteiger partial charge in [-0.25, -0.2) is 0 Å². The third-order valence-corrected chi connectivity index (χ3v) is 3.79. The number of aromatic amines is 1. The smallest absolute Gasteiger partial charge is 0.162 e. The molecule has 0 aliphatic carbocycles. The van der Waals surface area contributed by atoms with E-state index in [0.29, 0.717) is 5.82 Å². The number of H-pyrrole nitrogens is 1. The molecular weight excluding hydrogens is 268 g/mol. The zero-order valence-corrected chi connectivity index (χ0v) is 12.3. The molecule has 2 aromatic rings. The van der Waals surface area contributed by atoms with Gasteiger partial charge in [-0.05, 0) is 31.2 Å². The van der Waals surface area contributed by atoms with E-state index in [1.807, 2.05) is 18.2 Å². The highest BCUT2D eigenvalue weighted by Gasteiger charge is 2.22. The molecule has 1 saturated heterocycles. The zero-order chi connectivity index (χ0) is 14.8. The topological polar surface area (TPSA) is 76.4 Å². The first-order chi connectivity index (χ1) is 10.2. The fraction of sp³-hybridized carbons (Fsp3) is 0.400. The Bertz CT molecular complexity index is 626. The van der Waals surface area contributed by atoms with E-state index in [9.17, 15) is 0 Å². The largest absolute Gasteiger partial charge is 0.493 e. The van der Waals surface area contributed by atoms with E-state index in [-0.39, 0.29) is 6.10 Å². The van der Waals surface area contributed by atoms with Crippen LogP contribution in [0.15, 0.2) is 24.4 Å². The van der Waals surface area contributed by atoms with Gasteiger partial charge in [0.15, 0.2) is 11.5 Å². The molecule has 1 aromatic heterocycles. The summed E-state index contributed by atoms with van der Waals surface area (Å²) >= 11 is 0. The summed E-state index contributed by atoms with van der Waals surface area (Å²) < 4.78 is 11.5. The first kappa shape index (κ1) is 13.8. The first-order valence-corrected chi connectivity index (χ1v) is 7.00. The van der Waals surface area contributed by atoms with Gasteiger partial charge in [-0.2, -0.15) is 5.10 Å². The summed E-state index contributed by atoms with van der Waals surface area (Å²) in [5, 5.41) is 6.70. The highest BCUT2D eigenvalue weighted by molar-refractivity contribution is 5.75. The maximum absolute atomic E-state index is 6.11. The Morgan fingerprint density at radius 3 is 2.86 bits per heavy atom. The number of benzene rings is 1. The van der Waals surface area contributed by atoms with Crippen LogP contribution in [0.2, 0.25) is 0 Å². The molecule has 0 radical (unpaired) electrons. The number of aromatic nitrogens is 2. The van der Waals surface area contributed by atoms with Crippen LogP contribution in [-0.4, -0.2) is 48.4 Å². The molecule has 1 fully saturated rings. The van der Waals surface area contributed by atoms with Gasteiger partial charge in [-0.15, -0.1) is 0 Å². The van der Waals surface area contributed by atoms with Crippen molar-refractivity contribution in [2.24, 2.45) is 0 Å². The van der Waals surface area contributed by atoms with Gasteiger partial charge in [0.1, 0.15) is 11.9 Å². The number of rotatable bonds is 4. The van der Waals surface area contributed by atoms with Crippen molar-refractivity contribution in [3.63, 3.8) is 0 Å². The van der Waals surface area contributed by atoms with Crippen LogP contribution in [0, 0.1) is 0 Å². The Hall–Kier alpha value is -2.21. The maximum atomic E-state index is 6.11. The van der Waals surface area contributed by atoms with Crippen LogP contribution in [-0.2, 0) is 0 Å². The van der Waals surface area contributed by atoms with Gasteiger partial charge in [0, 0.05) is 18.7 Å². The quantitative estimate of drug-likeness (QED) is 0.896. The fourth-order valence-corrected chi connectivity index (χ4v) is 2.63. The lowest BCUT2D eigenvalue weighted by atomic mass is 10.1. The van der Waals surface area contributed by atoms with Crippen LogP contribution in [0.3, 0.4) is 0 Å². The molecule has 1 unspecified atom stereocenters. The molecule has 1 atom stereocenters. The Kier molecular flexibility index (Phi) is 3.70. The monoisotopic (exact) mass is 288 g/mol. The van der Waals surface area contributed by atoms with Crippen molar-refractivity contribution in [2.75, 3.05) is 33.0 Å². The Labute approximate surface area is 123 Å². The van der Waals surface area contributed by atoms with Gasteiger partial charge < -0.3 is 20.1 Å². The van der Waals surface area contributed by atoms with Crippen LogP contribution >= 0.6 is 0 Å². The average Bonchev–Trinajstić information content (AvgIpc) is 3.07. The summed E-state index contributed by atoms with van der Waals surface area (Å²) in [6.45, 7) is 1.99. The van der Waals surface area contributed by atoms with Gasteiger partial charge in [0.05, 0.1) is 13.3 Å². The van der Waals surface area contributed by atoms with Gasteiger partial charge in [0.2, 0.25) is 0 Å². The molecule has 112 valence electrons. The van der Waals surface area contributed by atoms with Gasteiger partial charge >= 0.3 is 0 Å². The summed E-state index contributed by atoms with van der Waals surface area (Å²) in [6, 6.07) is 5.81. The lowest BCUT2D eigenvalue weighted by Gasteiger charge is -2.17. The average molecular weight is 288 g/mol. The maximum Gasteiger partial charge on any atom is 0.162 e. The van der Waals surface area contributed by atoms with Crippen molar-refractivity contribution in [2.45, 2.75) is 12.5 Å². The number of methoxy groups -OCH3 is 1. The molecule has 0 bridgehead atoms. The molecule has 1 aliphatic heterocycles. The number of likely N-dealkylation sites (tertiary alicyclic amines) is 1. The third-order valence-electron chi connectivity index (χ3n) is 3.79. The van der Waals surface area contributed by atoms with E-state index in [4.69, 9.17) is 15.2 Å². The summed E-state index contributed by atoms with van der Waals surface area (Å²) in [7, 11) is 3.75. The van der Waals surface area contributed by atoms with Gasteiger partial charge in [-0.3, -0.25) is 5.10 Å². The van der Waals surface area contributed by atoms with E-state index in [2.05, 4.69) is 22.1 Å². The molecule has 2 heterocycles. The van der Waals surface area contributed by atoms with Crippen molar-refractivity contribution in [1.82, 2.24) is 15.1 Å². The minimum Gasteiger partial charge on any atom is -0.493 e. The molecule has 3 rings (SSSR count). The Morgan fingerprint density at radius 1 is 1.38 bits per heavy atom. The second-order valence-corrected chi connectivity index (χ2v) is 5.35. The molecule has 21 heavy (non-hydrogen) atoms. The van der Waals surface area contributed by atoms with Crippen molar-refractivity contribution in [1.29, 1.82) is 0 Å². The van der Waals surface area contributed by atoms with E-state index in [1.54, 1.807) is 13.3 Å². The Morgan fingerprint density at radius 2 is 2.24 bits per heavy atom. The van der Waals surface area contributed by atoms with E-state index in [0.717, 1.165) is 42.1 Å². The first-order valence-electron chi connectivity index (χ1n) is 7.00. The molecule has 6 heteroatoms. The molecule has 0 spiro atoms. The summed E-state index contributed by atoms with van der Waals surface area (Å²) in [4.78, 5) is 2.26. The number of ether oxygens (including phenoxy) is 2. The lowest BCUT2D eigenvalue weighted by molar-refractivity contribution is 0.199. The van der Waals surface area contributed by atoms with Crippen LogP contribution in [0.1, 0.15) is 6.42 Å². The summed E-state index contributed by atoms with van der Waals surface area (Å²) in [5.41, 5.74) is 7.71. The van der Waals surface area contributed by atoms with Crippen LogP contribution in [0.25, 0.3) is 11.1 Å². The third kappa shape index (κ3) is 2.80. The number of hydrogen-bond donors (Lipinski definition) is 2. The number of nitrogens with zero attached hydrogens (tertiary/aromatic N) is 2. The molecule has 3 N–H and O–H groups in total. The number of likely N-dealkylation sites (N-methyl/N-ethyl adjacent to an activating group) is 1. The van der Waals surface area contributed by atoms with E-state index in [1.165, 1.54) is 0 Å². The predicted octanol–water partition coefficient (Wildman–Crippen LogP) is 1.75. The molecule has 6 nitrogen and oxygen atoms in total. The van der Waals surface area contributed by atoms with Crippen LogP contribution < -0.4 is 15.2 Å². The van der Waals surface area contributed by atoms with Gasteiger partial charge in [-0.1, -0.05) is 6.07 Å². The number of hydrogen-bond acceptors (Lipinski definition) is 5. The molecule has 0 saturated carbocycles. The normalized spacial score (nSPS) is 18.9. The van der Waals surface area contributed by atoms with Crippen LogP contribution in [0.4, 0.5) is 5.82 Å². The van der Waals surface area contributed by atoms with Crippen LogP contribution in [0.5, 0.6) is 11.5 Å². The Balaban J connectivity index is 1.89.